The summed E-state index contributed by atoms with van der Waals surface area (Å²) in [5, 5.41) is 11.8. The lowest BCUT2D eigenvalue weighted by molar-refractivity contribution is 0.0697. The minimum atomic E-state index is -0.936. The first-order valence-electron chi connectivity index (χ1n) is 6.60. The Labute approximate surface area is 131 Å². The van der Waals surface area contributed by atoms with Crippen molar-refractivity contribution in [3.05, 3.63) is 70.3 Å². The van der Waals surface area contributed by atoms with Gasteiger partial charge in [0.25, 0.3) is 0 Å². The maximum atomic E-state index is 11.0. The molecule has 0 aliphatic heterocycles. The van der Waals surface area contributed by atoms with E-state index in [-0.39, 0.29) is 5.56 Å². The molecule has 2 heterocycles. The van der Waals surface area contributed by atoms with Gasteiger partial charge in [0.05, 0.1) is 11.3 Å². The number of carbonyl (C=O) groups is 1. The summed E-state index contributed by atoms with van der Waals surface area (Å²) in [6.07, 6.45) is 7.38. The van der Waals surface area contributed by atoms with Crippen LogP contribution in [0.5, 0.6) is 0 Å². The highest BCUT2D eigenvalue weighted by Crippen LogP contribution is 2.24. The molecule has 4 nitrogen and oxygen atoms in total. The summed E-state index contributed by atoms with van der Waals surface area (Å²) in [5.41, 5.74) is 2.85. The number of nitrogens with zero attached hydrogens (tertiary/aromatic N) is 2. The maximum Gasteiger partial charge on any atom is 0.335 e. The molecule has 0 aliphatic rings. The third-order valence-corrected chi connectivity index (χ3v) is 3.84. The summed E-state index contributed by atoms with van der Waals surface area (Å²) < 4.78 is 0. The van der Waals surface area contributed by atoms with E-state index in [0.717, 1.165) is 21.8 Å². The molecule has 0 bridgehead atoms. The van der Waals surface area contributed by atoms with Crippen LogP contribution in [0, 0.1) is 0 Å². The van der Waals surface area contributed by atoms with Gasteiger partial charge in [-0.1, -0.05) is 24.3 Å². The number of carboxylic acid groups (broad SMARTS) is 1. The molecule has 2 aromatic heterocycles. The maximum absolute atomic E-state index is 11.0. The van der Waals surface area contributed by atoms with E-state index in [0.29, 0.717) is 0 Å². The van der Waals surface area contributed by atoms with E-state index in [2.05, 4.69) is 9.97 Å². The van der Waals surface area contributed by atoms with Crippen molar-refractivity contribution in [2.24, 2.45) is 0 Å². The van der Waals surface area contributed by atoms with Gasteiger partial charge >= 0.3 is 5.97 Å². The van der Waals surface area contributed by atoms with Gasteiger partial charge in [-0.2, -0.15) is 0 Å². The van der Waals surface area contributed by atoms with Crippen LogP contribution in [-0.4, -0.2) is 21.0 Å². The molecule has 0 spiro atoms. The first-order chi connectivity index (χ1) is 10.7. The van der Waals surface area contributed by atoms with Crippen molar-refractivity contribution in [3.8, 4) is 11.3 Å². The fraction of sp³-hybridized carbons (Fsp3) is 0. The molecule has 108 valence electrons. The molecule has 3 rings (SSSR count). The highest BCUT2D eigenvalue weighted by Gasteiger charge is 2.07. The smallest absolute Gasteiger partial charge is 0.335 e. The second-order valence-electron chi connectivity index (χ2n) is 4.58. The molecular weight excluding hydrogens is 296 g/mol. The second-order valence-corrected chi connectivity index (χ2v) is 5.47. The lowest BCUT2D eigenvalue weighted by Gasteiger charge is -1.98. The zero-order valence-electron chi connectivity index (χ0n) is 11.5. The molecular formula is C17H12N2O2S. The van der Waals surface area contributed by atoms with Crippen molar-refractivity contribution in [3.63, 3.8) is 0 Å². The topological polar surface area (TPSA) is 63.1 Å². The van der Waals surface area contributed by atoms with Crippen molar-refractivity contribution in [1.29, 1.82) is 0 Å². The number of rotatable bonds is 4. The fourth-order valence-electron chi connectivity index (χ4n) is 1.95. The van der Waals surface area contributed by atoms with Crippen LogP contribution in [0.25, 0.3) is 23.4 Å². The number of hydrogen-bond acceptors (Lipinski definition) is 4. The summed E-state index contributed by atoms with van der Waals surface area (Å²) in [7, 11) is 0. The molecule has 0 saturated heterocycles. The summed E-state index contributed by atoms with van der Waals surface area (Å²) >= 11 is 1.51. The fourth-order valence-corrected chi connectivity index (χ4v) is 2.67. The predicted octanol–water partition coefficient (Wildman–Crippen LogP) is 4.07. The highest BCUT2D eigenvalue weighted by molar-refractivity contribution is 7.10. The molecule has 0 amide bonds. The number of pyridine rings is 1. The minimum absolute atomic E-state index is 0.262. The van der Waals surface area contributed by atoms with E-state index in [9.17, 15) is 4.79 Å². The highest BCUT2D eigenvalue weighted by atomic mass is 32.1. The number of benzene rings is 1. The zero-order valence-corrected chi connectivity index (χ0v) is 12.3. The average molecular weight is 308 g/mol. The van der Waals surface area contributed by atoms with Gasteiger partial charge in [0.15, 0.2) is 0 Å². The van der Waals surface area contributed by atoms with E-state index in [4.69, 9.17) is 5.11 Å². The van der Waals surface area contributed by atoms with Crippen LogP contribution in [0.15, 0.2) is 54.2 Å². The summed E-state index contributed by atoms with van der Waals surface area (Å²) in [6.45, 7) is 0. The SMILES string of the molecule is O=C(O)c1cccc(-c2csc(/C=C/c3cccnc3)n2)c1. The lowest BCUT2D eigenvalue weighted by atomic mass is 10.1. The molecule has 0 radical (unpaired) electrons. The first-order valence-corrected chi connectivity index (χ1v) is 7.48. The predicted molar refractivity (Wildman–Crippen MR) is 87.7 cm³/mol. The summed E-state index contributed by atoms with van der Waals surface area (Å²) in [5.74, 6) is -0.936. The molecule has 22 heavy (non-hydrogen) atoms. The zero-order chi connectivity index (χ0) is 15.4. The van der Waals surface area contributed by atoms with Gasteiger partial charge in [0, 0.05) is 23.3 Å². The number of aromatic carboxylic acids is 1. The second kappa shape index (κ2) is 6.32. The molecule has 5 heteroatoms. The van der Waals surface area contributed by atoms with E-state index in [1.54, 1.807) is 30.6 Å². The summed E-state index contributed by atoms with van der Waals surface area (Å²) in [4.78, 5) is 19.6. The minimum Gasteiger partial charge on any atom is -0.478 e. The van der Waals surface area contributed by atoms with Crippen molar-refractivity contribution >= 4 is 29.5 Å². The molecule has 1 aromatic carbocycles. The van der Waals surface area contributed by atoms with Crippen molar-refractivity contribution in [1.82, 2.24) is 9.97 Å². The molecule has 1 N–H and O–H groups in total. The molecule has 0 unspecified atom stereocenters. The van der Waals surface area contributed by atoms with Crippen LogP contribution >= 0.6 is 11.3 Å². The molecule has 0 aliphatic carbocycles. The average Bonchev–Trinajstić information content (AvgIpc) is 3.03. The van der Waals surface area contributed by atoms with Crippen LogP contribution in [0.1, 0.15) is 20.9 Å². The largest absolute Gasteiger partial charge is 0.478 e. The molecule has 0 atom stereocenters. The van der Waals surface area contributed by atoms with Crippen LogP contribution in [0.3, 0.4) is 0 Å². The van der Waals surface area contributed by atoms with Gasteiger partial charge in [-0.05, 0) is 29.8 Å². The van der Waals surface area contributed by atoms with Gasteiger partial charge < -0.3 is 5.11 Å². The van der Waals surface area contributed by atoms with Gasteiger partial charge in [-0.3, -0.25) is 4.98 Å². The van der Waals surface area contributed by atoms with Crippen LogP contribution < -0.4 is 0 Å². The number of hydrogen-bond donors (Lipinski definition) is 1. The van der Waals surface area contributed by atoms with E-state index < -0.39 is 5.97 Å². The van der Waals surface area contributed by atoms with Gasteiger partial charge in [-0.25, -0.2) is 9.78 Å². The molecule has 3 aromatic rings. The van der Waals surface area contributed by atoms with Crippen molar-refractivity contribution in [2.45, 2.75) is 0 Å². The Morgan fingerprint density at radius 2 is 2.09 bits per heavy atom. The Kier molecular flexibility index (Phi) is 4.07. The number of aromatic nitrogens is 2. The Morgan fingerprint density at radius 3 is 2.86 bits per heavy atom. The standard InChI is InChI=1S/C17H12N2O2S/c20-17(21)14-5-1-4-13(9-14)15-11-22-16(19-15)7-6-12-3-2-8-18-10-12/h1-11H,(H,20,21)/b7-6+. The monoisotopic (exact) mass is 308 g/mol. The van der Waals surface area contributed by atoms with Crippen molar-refractivity contribution < 1.29 is 9.90 Å². The van der Waals surface area contributed by atoms with Crippen LogP contribution in [-0.2, 0) is 0 Å². The quantitative estimate of drug-likeness (QED) is 0.789. The van der Waals surface area contributed by atoms with E-state index >= 15 is 0 Å². The third-order valence-electron chi connectivity index (χ3n) is 3.03. The van der Waals surface area contributed by atoms with Gasteiger partial charge in [0.1, 0.15) is 5.01 Å². The molecule has 0 saturated carbocycles. The Morgan fingerprint density at radius 1 is 1.18 bits per heavy atom. The van der Waals surface area contributed by atoms with Crippen LogP contribution in [0.2, 0.25) is 0 Å². The normalized spacial score (nSPS) is 10.9. The lowest BCUT2D eigenvalue weighted by Crippen LogP contribution is -1.95. The first kappa shape index (κ1) is 14.2. The Bertz CT molecular complexity index is 825. The molecule has 0 fully saturated rings. The Hall–Kier alpha value is -2.79. The van der Waals surface area contributed by atoms with E-state index in [1.165, 1.54) is 11.3 Å². The summed E-state index contributed by atoms with van der Waals surface area (Å²) in [6, 6.07) is 10.6. The van der Waals surface area contributed by atoms with Crippen LogP contribution in [0.4, 0.5) is 0 Å². The van der Waals surface area contributed by atoms with E-state index in [1.807, 2.05) is 35.7 Å². The number of thiazole rings is 1. The Balaban J connectivity index is 1.83. The number of carboxylic acids is 1. The van der Waals surface area contributed by atoms with Gasteiger partial charge in [-0.15, -0.1) is 11.3 Å². The van der Waals surface area contributed by atoms with Gasteiger partial charge in [0.2, 0.25) is 0 Å². The van der Waals surface area contributed by atoms with Crippen molar-refractivity contribution in [2.75, 3.05) is 0 Å². The third kappa shape index (κ3) is 3.27.